The third-order valence-electron chi connectivity index (χ3n) is 2.89. The first kappa shape index (κ1) is 11.6. The maximum absolute atomic E-state index is 11.9. The molecule has 4 heteroatoms. The van der Waals surface area contributed by atoms with Gasteiger partial charge >= 0.3 is 0 Å². The molecule has 1 aromatic carbocycles. The Labute approximate surface area is 102 Å². The van der Waals surface area contributed by atoms with E-state index in [1.807, 2.05) is 30.3 Å². The van der Waals surface area contributed by atoms with Crippen LogP contribution in [0.5, 0.6) is 0 Å². The lowest BCUT2D eigenvalue weighted by molar-refractivity contribution is -0.117. The van der Waals surface area contributed by atoms with Gasteiger partial charge in [-0.05, 0) is 26.0 Å². The van der Waals surface area contributed by atoms with Crippen molar-refractivity contribution in [3.63, 3.8) is 0 Å². The van der Waals surface area contributed by atoms with E-state index in [0.29, 0.717) is 6.42 Å². The molecule has 1 amide bonds. The molecule has 17 heavy (non-hydrogen) atoms. The van der Waals surface area contributed by atoms with E-state index >= 15 is 0 Å². The average Bonchev–Trinajstić information content (AvgIpc) is 2.74. The molecule has 0 radical (unpaired) electrons. The van der Waals surface area contributed by atoms with Crippen molar-refractivity contribution in [2.45, 2.75) is 20.3 Å². The molecule has 0 N–H and O–H groups in total. The van der Waals surface area contributed by atoms with Crippen LogP contribution in [-0.2, 0) is 4.79 Å². The van der Waals surface area contributed by atoms with Gasteiger partial charge in [0.05, 0.1) is 12.1 Å². The first-order valence-electron chi connectivity index (χ1n) is 5.96. The number of hydrogen-bond donors (Lipinski definition) is 0. The lowest BCUT2D eigenvalue weighted by Gasteiger charge is -2.18. The number of amidine groups is 1. The highest BCUT2D eigenvalue weighted by molar-refractivity contribution is 6.12. The van der Waals surface area contributed by atoms with Crippen LogP contribution >= 0.6 is 0 Å². The molecule has 1 aromatic rings. The fraction of sp³-hybridized carbons (Fsp3) is 0.385. The van der Waals surface area contributed by atoms with Crippen LogP contribution in [0, 0.1) is 0 Å². The van der Waals surface area contributed by atoms with Crippen molar-refractivity contribution in [1.29, 1.82) is 0 Å². The molecule has 0 spiro atoms. The first-order chi connectivity index (χ1) is 8.26. The quantitative estimate of drug-likeness (QED) is 0.798. The second-order valence-electron chi connectivity index (χ2n) is 3.91. The van der Waals surface area contributed by atoms with Gasteiger partial charge in [0.25, 0.3) is 5.91 Å². The molecule has 0 aliphatic carbocycles. The third-order valence-corrected chi connectivity index (χ3v) is 2.89. The number of benzene rings is 1. The van der Waals surface area contributed by atoms with Crippen LogP contribution in [0.15, 0.2) is 35.4 Å². The Morgan fingerprint density at radius 1 is 1.24 bits per heavy atom. The predicted molar refractivity (Wildman–Crippen MR) is 68.9 cm³/mol. The summed E-state index contributed by atoms with van der Waals surface area (Å²) in [6.07, 6.45) is 0.399. The second-order valence-corrected chi connectivity index (χ2v) is 3.91. The summed E-state index contributed by atoms with van der Waals surface area (Å²) in [5.74, 6) is 0.905. The summed E-state index contributed by atoms with van der Waals surface area (Å²) in [7, 11) is 0. The highest BCUT2D eigenvalue weighted by Gasteiger charge is 2.27. The topological polar surface area (TPSA) is 35.9 Å². The van der Waals surface area contributed by atoms with Gasteiger partial charge in [-0.2, -0.15) is 10.1 Å². The fourth-order valence-corrected chi connectivity index (χ4v) is 1.95. The average molecular weight is 231 g/mol. The molecule has 0 unspecified atom stereocenters. The largest absolute Gasteiger partial charge is 0.359 e. The Bertz CT molecular complexity index is 424. The van der Waals surface area contributed by atoms with Crippen LogP contribution < -0.4 is 5.01 Å². The first-order valence-corrected chi connectivity index (χ1v) is 5.96. The van der Waals surface area contributed by atoms with E-state index in [-0.39, 0.29) is 5.91 Å². The van der Waals surface area contributed by atoms with E-state index in [9.17, 15) is 4.79 Å². The Balaban J connectivity index is 2.23. The molecule has 0 fully saturated rings. The van der Waals surface area contributed by atoms with E-state index in [4.69, 9.17) is 0 Å². The molecule has 0 bridgehead atoms. The van der Waals surface area contributed by atoms with Crippen molar-refractivity contribution in [1.82, 2.24) is 4.90 Å². The van der Waals surface area contributed by atoms with Gasteiger partial charge in [0, 0.05) is 13.1 Å². The number of rotatable bonds is 3. The van der Waals surface area contributed by atoms with E-state index in [1.165, 1.54) is 5.01 Å². The minimum Gasteiger partial charge on any atom is -0.359 e. The molecule has 1 aliphatic rings. The number of carbonyl (C=O) groups excluding carboxylic acids is 1. The van der Waals surface area contributed by atoms with Gasteiger partial charge in [0.15, 0.2) is 0 Å². The molecular formula is C13H17N3O. The van der Waals surface area contributed by atoms with Crippen molar-refractivity contribution in [3.05, 3.63) is 30.3 Å². The van der Waals surface area contributed by atoms with Gasteiger partial charge in [-0.15, -0.1) is 0 Å². The van der Waals surface area contributed by atoms with Gasteiger partial charge in [-0.3, -0.25) is 4.79 Å². The van der Waals surface area contributed by atoms with Crippen LogP contribution in [0.4, 0.5) is 5.69 Å². The molecule has 4 nitrogen and oxygen atoms in total. The molecule has 0 aromatic heterocycles. The highest BCUT2D eigenvalue weighted by atomic mass is 16.2. The number of amides is 1. The van der Waals surface area contributed by atoms with Crippen molar-refractivity contribution in [2.75, 3.05) is 18.1 Å². The molecule has 1 aliphatic heterocycles. The Morgan fingerprint density at radius 3 is 2.47 bits per heavy atom. The number of anilines is 1. The summed E-state index contributed by atoms with van der Waals surface area (Å²) in [6, 6.07) is 9.54. The molecule has 2 rings (SSSR count). The normalized spacial score (nSPS) is 15.1. The van der Waals surface area contributed by atoms with Crippen molar-refractivity contribution in [3.8, 4) is 0 Å². The van der Waals surface area contributed by atoms with Gasteiger partial charge < -0.3 is 4.90 Å². The Hall–Kier alpha value is -1.84. The number of hydrazone groups is 1. The monoisotopic (exact) mass is 231 g/mol. The van der Waals surface area contributed by atoms with E-state index in [0.717, 1.165) is 24.6 Å². The van der Waals surface area contributed by atoms with E-state index in [2.05, 4.69) is 23.8 Å². The summed E-state index contributed by atoms with van der Waals surface area (Å²) in [4.78, 5) is 14.0. The predicted octanol–water partition coefficient (Wildman–Crippen LogP) is 2.08. The smallest absolute Gasteiger partial charge is 0.255 e. The zero-order valence-electron chi connectivity index (χ0n) is 10.3. The fourth-order valence-electron chi connectivity index (χ4n) is 1.95. The number of hydrogen-bond acceptors (Lipinski definition) is 3. The summed E-state index contributed by atoms with van der Waals surface area (Å²) in [5.41, 5.74) is 0.833. The van der Waals surface area contributed by atoms with Crippen molar-refractivity contribution in [2.24, 2.45) is 5.10 Å². The summed E-state index contributed by atoms with van der Waals surface area (Å²) in [5, 5.41) is 5.90. The summed E-state index contributed by atoms with van der Waals surface area (Å²) in [6.45, 7) is 5.90. The van der Waals surface area contributed by atoms with Gasteiger partial charge in [-0.1, -0.05) is 18.2 Å². The minimum absolute atomic E-state index is 0.0399. The second kappa shape index (κ2) is 4.99. The van der Waals surface area contributed by atoms with Gasteiger partial charge in [-0.25, -0.2) is 0 Å². The zero-order chi connectivity index (χ0) is 12.3. The van der Waals surface area contributed by atoms with E-state index < -0.39 is 0 Å². The molecule has 1 heterocycles. The van der Waals surface area contributed by atoms with Crippen LogP contribution in [0.2, 0.25) is 0 Å². The molecule has 0 saturated carbocycles. The zero-order valence-corrected chi connectivity index (χ0v) is 10.3. The molecule has 90 valence electrons. The molecule has 0 atom stereocenters. The third kappa shape index (κ3) is 2.30. The van der Waals surface area contributed by atoms with Gasteiger partial charge in [0.1, 0.15) is 5.84 Å². The standard InChI is InChI=1S/C13H17N3O/c1-3-15(4-2)12-10-13(17)16(14-12)11-8-6-5-7-9-11/h5-9H,3-4,10H2,1-2H3. The lowest BCUT2D eigenvalue weighted by atomic mass is 10.3. The van der Waals surface area contributed by atoms with Crippen molar-refractivity contribution >= 4 is 17.4 Å². The summed E-state index contributed by atoms with van der Waals surface area (Å²) >= 11 is 0. The number of para-hydroxylation sites is 1. The maximum atomic E-state index is 11.9. The Morgan fingerprint density at radius 2 is 1.88 bits per heavy atom. The van der Waals surface area contributed by atoms with Crippen LogP contribution in [-0.4, -0.2) is 29.7 Å². The van der Waals surface area contributed by atoms with Crippen molar-refractivity contribution < 1.29 is 4.79 Å². The maximum Gasteiger partial charge on any atom is 0.255 e. The van der Waals surface area contributed by atoms with Crippen LogP contribution in [0.1, 0.15) is 20.3 Å². The minimum atomic E-state index is 0.0399. The number of carbonyl (C=O) groups is 1. The summed E-state index contributed by atoms with van der Waals surface area (Å²) < 4.78 is 0. The number of nitrogens with zero attached hydrogens (tertiary/aromatic N) is 3. The van der Waals surface area contributed by atoms with Crippen LogP contribution in [0.3, 0.4) is 0 Å². The Kier molecular flexibility index (Phi) is 3.42. The lowest BCUT2D eigenvalue weighted by Crippen LogP contribution is -2.29. The van der Waals surface area contributed by atoms with E-state index in [1.54, 1.807) is 0 Å². The molecular weight excluding hydrogens is 214 g/mol. The molecule has 0 saturated heterocycles. The SMILES string of the molecule is CCN(CC)C1=NN(c2ccccc2)C(=O)C1. The van der Waals surface area contributed by atoms with Gasteiger partial charge in [0.2, 0.25) is 0 Å². The van der Waals surface area contributed by atoms with Crippen LogP contribution in [0.25, 0.3) is 0 Å². The highest BCUT2D eigenvalue weighted by Crippen LogP contribution is 2.20.